The van der Waals surface area contributed by atoms with E-state index in [0.717, 1.165) is 0 Å². The van der Waals surface area contributed by atoms with Crippen LogP contribution in [-0.4, -0.2) is 27.6 Å². The van der Waals surface area contributed by atoms with Crippen LogP contribution >= 0.6 is 0 Å². The van der Waals surface area contributed by atoms with Gasteiger partial charge in [-0.25, -0.2) is 0 Å². The summed E-state index contributed by atoms with van der Waals surface area (Å²) in [4.78, 5) is 12.4. The van der Waals surface area contributed by atoms with Gasteiger partial charge < -0.3 is 5.11 Å². The van der Waals surface area contributed by atoms with Crippen LogP contribution in [0, 0.1) is 0 Å². The van der Waals surface area contributed by atoms with Gasteiger partial charge in [0.25, 0.3) is 5.56 Å². The summed E-state index contributed by atoms with van der Waals surface area (Å²) in [6.07, 6.45) is 0. The number of aromatic amines is 1. The van der Waals surface area contributed by atoms with Crippen molar-refractivity contribution in [3.8, 4) is 5.88 Å². The van der Waals surface area contributed by atoms with Gasteiger partial charge in [-0.1, -0.05) is 6.07 Å². The molecule has 4 N–H and O–H groups in total. The number of hydrogen-bond acceptors (Lipinski definition) is 4. The Balaban J connectivity index is 0.000000252. The van der Waals surface area contributed by atoms with Crippen molar-refractivity contribution in [1.82, 2.24) is 4.98 Å². The molecule has 0 aromatic carbocycles. The van der Waals surface area contributed by atoms with Crippen LogP contribution < -0.4 is 5.56 Å². The fourth-order valence-corrected chi connectivity index (χ4v) is 0.436. The van der Waals surface area contributed by atoms with E-state index in [0.29, 0.717) is 0 Å². The highest BCUT2D eigenvalue weighted by Gasteiger charge is 1.84. The maximum Gasteiger partial charge on any atom is 0.394 e. The summed E-state index contributed by atoms with van der Waals surface area (Å²) in [6.45, 7) is 0. The van der Waals surface area contributed by atoms with Crippen LogP contribution in [0.5, 0.6) is 5.88 Å². The van der Waals surface area contributed by atoms with Crippen LogP contribution in [0.4, 0.5) is 0 Å². The van der Waals surface area contributed by atoms with E-state index in [2.05, 4.69) is 4.98 Å². The Bertz CT molecular complexity index is 399. The molecule has 0 aliphatic carbocycles. The van der Waals surface area contributed by atoms with Gasteiger partial charge in [-0.2, -0.15) is 8.42 Å². The maximum absolute atomic E-state index is 10.3. The molecule has 1 aromatic heterocycles. The molecular formula is C5H7NO6S. The van der Waals surface area contributed by atoms with Gasteiger partial charge in [0.1, 0.15) is 0 Å². The van der Waals surface area contributed by atoms with Crippen molar-refractivity contribution in [3.05, 3.63) is 28.6 Å². The van der Waals surface area contributed by atoms with Crippen LogP contribution in [-0.2, 0) is 10.4 Å². The zero-order valence-corrected chi connectivity index (χ0v) is 7.02. The van der Waals surface area contributed by atoms with Crippen LogP contribution in [0.3, 0.4) is 0 Å². The molecule has 0 atom stereocenters. The van der Waals surface area contributed by atoms with Crippen molar-refractivity contribution >= 4 is 10.4 Å². The van der Waals surface area contributed by atoms with Crippen molar-refractivity contribution in [2.75, 3.05) is 0 Å². The van der Waals surface area contributed by atoms with Crippen molar-refractivity contribution in [2.24, 2.45) is 0 Å². The Kier molecular flexibility index (Phi) is 4.11. The molecule has 13 heavy (non-hydrogen) atoms. The topological polar surface area (TPSA) is 128 Å². The smallest absolute Gasteiger partial charge is 0.394 e. The first kappa shape index (κ1) is 11.6. The molecule has 0 aliphatic heterocycles. The molecule has 7 nitrogen and oxygen atoms in total. The standard InChI is InChI=1S/C5H5NO2.H2O4S/c7-4-2-1-3-5(8)6-4;1-5(2,3)4/h1-3H,(H2,6,7,8);(H2,1,2,3,4). The number of H-pyrrole nitrogens is 1. The fraction of sp³-hybridized carbons (Fsp3) is 0. The van der Waals surface area contributed by atoms with E-state index in [1.54, 1.807) is 0 Å². The Morgan fingerprint density at radius 1 is 1.23 bits per heavy atom. The third kappa shape index (κ3) is 10.6. The summed E-state index contributed by atoms with van der Waals surface area (Å²) in [6, 6.07) is 4.22. The first-order valence-corrected chi connectivity index (χ1v) is 4.27. The molecule has 1 rings (SSSR count). The van der Waals surface area contributed by atoms with Crippen LogP contribution in [0.1, 0.15) is 0 Å². The molecule has 0 bridgehead atoms. The second kappa shape index (κ2) is 4.60. The van der Waals surface area contributed by atoms with Crippen molar-refractivity contribution in [2.45, 2.75) is 0 Å². The van der Waals surface area contributed by atoms with Crippen LogP contribution in [0.25, 0.3) is 0 Å². The molecule has 74 valence electrons. The van der Waals surface area contributed by atoms with E-state index in [-0.39, 0.29) is 11.4 Å². The molecule has 0 radical (unpaired) electrons. The van der Waals surface area contributed by atoms with Gasteiger partial charge in [0.2, 0.25) is 0 Å². The third-order valence-electron chi connectivity index (χ3n) is 0.753. The number of hydrogen-bond donors (Lipinski definition) is 4. The monoisotopic (exact) mass is 209 g/mol. The van der Waals surface area contributed by atoms with Crippen molar-refractivity contribution < 1.29 is 22.6 Å². The van der Waals surface area contributed by atoms with E-state index in [1.807, 2.05) is 0 Å². The molecule has 0 fully saturated rings. The first-order valence-electron chi connectivity index (χ1n) is 2.87. The lowest BCUT2D eigenvalue weighted by Crippen LogP contribution is -2.00. The Morgan fingerprint density at radius 2 is 1.69 bits per heavy atom. The minimum atomic E-state index is -4.67. The van der Waals surface area contributed by atoms with Gasteiger partial charge >= 0.3 is 10.4 Å². The van der Waals surface area contributed by atoms with E-state index in [4.69, 9.17) is 22.6 Å². The number of aromatic hydroxyl groups is 1. The first-order chi connectivity index (χ1) is 5.79. The molecular weight excluding hydrogens is 202 g/mol. The molecule has 0 spiro atoms. The van der Waals surface area contributed by atoms with Crippen LogP contribution in [0.2, 0.25) is 0 Å². The quantitative estimate of drug-likeness (QED) is 0.423. The SMILES string of the molecule is O=S(=O)(O)O.O=c1cccc(O)[nH]1. The highest BCUT2D eigenvalue weighted by molar-refractivity contribution is 7.79. The average molecular weight is 209 g/mol. The highest BCUT2D eigenvalue weighted by Crippen LogP contribution is 1.93. The Hall–Kier alpha value is -1.38. The molecule has 1 heterocycles. The Labute approximate surface area is 73.2 Å². The van der Waals surface area contributed by atoms with Gasteiger partial charge in [-0.3, -0.25) is 18.9 Å². The van der Waals surface area contributed by atoms with Gasteiger partial charge in [0.15, 0.2) is 5.88 Å². The third-order valence-corrected chi connectivity index (χ3v) is 0.753. The molecule has 0 aliphatic rings. The molecule has 0 amide bonds. The lowest BCUT2D eigenvalue weighted by Gasteiger charge is -1.84. The second-order valence-corrected chi connectivity index (χ2v) is 2.74. The van der Waals surface area contributed by atoms with E-state index < -0.39 is 10.4 Å². The molecule has 0 unspecified atom stereocenters. The molecule has 0 saturated carbocycles. The molecule has 8 heteroatoms. The Morgan fingerprint density at radius 3 is 1.92 bits per heavy atom. The molecule has 1 aromatic rings. The highest BCUT2D eigenvalue weighted by atomic mass is 32.3. The predicted octanol–water partition coefficient (Wildman–Crippen LogP) is -0.572. The van der Waals surface area contributed by atoms with Gasteiger partial charge in [-0.15, -0.1) is 0 Å². The zero-order chi connectivity index (χ0) is 10.5. The minimum Gasteiger partial charge on any atom is -0.495 e. The van der Waals surface area contributed by atoms with Crippen molar-refractivity contribution in [1.29, 1.82) is 0 Å². The summed E-state index contributed by atoms with van der Waals surface area (Å²) in [5.41, 5.74) is -0.287. The molecule has 0 saturated heterocycles. The summed E-state index contributed by atoms with van der Waals surface area (Å²) >= 11 is 0. The fourth-order valence-electron chi connectivity index (χ4n) is 0.436. The van der Waals surface area contributed by atoms with Gasteiger partial charge in [-0.05, 0) is 6.07 Å². The number of pyridine rings is 1. The number of aromatic nitrogens is 1. The largest absolute Gasteiger partial charge is 0.495 e. The van der Waals surface area contributed by atoms with Crippen molar-refractivity contribution in [3.63, 3.8) is 0 Å². The normalized spacial score (nSPS) is 10.0. The van der Waals surface area contributed by atoms with Crippen LogP contribution in [0.15, 0.2) is 23.0 Å². The minimum absolute atomic E-state index is 0.0995. The zero-order valence-electron chi connectivity index (χ0n) is 6.21. The average Bonchev–Trinajstić information content (AvgIpc) is 1.81. The number of rotatable bonds is 0. The summed E-state index contributed by atoms with van der Waals surface area (Å²) < 4.78 is 31.6. The van der Waals surface area contributed by atoms with E-state index in [9.17, 15) is 4.79 Å². The van der Waals surface area contributed by atoms with E-state index >= 15 is 0 Å². The summed E-state index contributed by atoms with van der Waals surface area (Å²) in [5.74, 6) is -0.0995. The lowest BCUT2D eigenvalue weighted by atomic mass is 10.5. The van der Waals surface area contributed by atoms with Gasteiger partial charge in [0, 0.05) is 6.07 Å². The number of nitrogens with one attached hydrogen (secondary N) is 1. The predicted molar refractivity (Wildman–Crippen MR) is 42.9 cm³/mol. The summed E-state index contributed by atoms with van der Waals surface area (Å²) in [7, 11) is -4.67. The second-order valence-electron chi connectivity index (χ2n) is 1.85. The lowest BCUT2D eigenvalue weighted by molar-refractivity contribution is 0.381. The van der Waals surface area contributed by atoms with Gasteiger partial charge in [0.05, 0.1) is 0 Å². The summed E-state index contributed by atoms with van der Waals surface area (Å²) in [5, 5.41) is 8.56. The van der Waals surface area contributed by atoms with E-state index in [1.165, 1.54) is 18.2 Å². The maximum atomic E-state index is 10.3.